The normalized spacial score (nSPS) is 18.1. The van der Waals surface area contributed by atoms with Crippen molar-refractivity contribution < 1.29 is 14.7 Å². The molecule has 3 aromatic rings. The van der Waals surface area contributed by atoms with Crippen LogP contribution in [0, 0.1) is 0 Å². The molecular formula is C26H28ClN3O3. The second kappa shape index (κ2) is 8.50. The summed E-state index contributed by atoms with van der Waals surface area (Å²) in [6.07, 6.45) is 4.72. The summed E-state index contributed by atoms with van der Waals surface area (Å²) in [4.78, 5) is 19.5. The fraction of sp³-hybridized carbons (Fsp3) is 0.385. The maximum absolute atomic E-state index is 11.1. The number of carboxylic acids is 1. The van der Waals surface area contributed by atoms with Gasteiger partial charge in [0.15, 0.2) is 0 Å². The average Bonchev–Trinajstić information content (AvgIpc) is 3.43. The molecule has 0 aliphatic carbocycles. The molecule has 1 aromatic heterocycles. The third-order valence-electron chi connectivity index (χ3n) is 6.94. The zero-order valence-electron chi connectivity index (χ0n) is 18.9. The minimum Gasteiger partial charge on any atom is -0.478 e. The number of oxime groups is 1. The first-order chi connectivity index (χ1) is 15.8. The van der Waals surface area contributed by atoms with Crippen molar-refractivity contribution in [2.75, 3.05) is 13.1 Å². The lowest BCUT2D eigenvalue weighted by atomic mass is 9.85. The van der Waals surface area contributed by atoms with Crippen LogP contribution < -0.4 is 0 Å². The van der Waals surface area contributed by atoms with Crippen LogP contribution in [-0.4, -0.2) is 44.9 Å². The highest BCUT2D eigenvalue weighted by Crippen LogP contribution is 2.37. The molecule has 0 bridgehead atoms. The fourth-order valence-corrected chi connectivity index (χ4v) is 5.24. The number of carbonyl (C=O) groups is 1. The van der Waals surface area contributed by atoms with Crippen molar-refractivity contribution in [1.29, 1.82) is 0 Å². The number of piperidine rings is 1. The predicted molar refractivity (Wildman–Crippen MR) is 130 cm³/mol. The fourth-order valence-electron chi connectivity index (χ4n) is 4.98. The van der Waals surface area contributed by atoms with Crippen molar-refractivity contribution in [2.45, 2.75) is 51.3 Å². The summed E-state index contributed by atoms with van der Waals surface area (Å²) in [7, 11) is 0. The highest BCUT2D eigenvalue weighted by molar-refractivity contribution is 6.35. The predicted octanol–water partition coefficient (Wildman–Crippen LogP) is 5.73. The third-order valence-corrected chi connectivity index (χ3v) is 7.24. The molecule has 1 spiro atoms. The molecule has 172 valence electrons. The molecule has 0 atom stereocenters. The number of nitrogens with zero attached hydrogens (tertiary/aromatic N) is 3. The lowest BCUT2D eigenvalue weighted by Gasteiger charge is -2.37. The summed E-state index contributed by atoms with van der Waals surface area (Å²) in [5, 5.41) is 15.5. The van der Waals surface area contributed by atoms with E-state index < -0.39 is 5.97 Å². The minimum absolute atomic E-state index is 0.256. The Morgan fingerprint density at radius 3 is 2.55 bits per heavy atom. The van der Waals surface area contributed by atoms with Crippen LogP contribution in [0.25, 0.3) is 10.9 Å². The number of hydrogen-bond donors (Lipinski definition) is 1. The molecule has 6 nitrogen and oxygen atoms in total. The number of aromatic nitrogens is 1. The second-order valence-corrected chi connectivity index (χ2v) is 9.84. The number of benzene rings is 2. The van der Waals surface area contributed by atoms with E-state index in [0.717, 1.165) is 60.7 Å². The van der Waals surface area contributed by atoms with E-state index in [1.807, 2.05) is 18.2 Å². The maximum atomic E-state index is 11.1. The first-order valence-corrected chi connectivity index (χ1v) is 11.8. The zero-order chi connectivity index (χ0) is 23.2. The van der Waals surface area contributed by atoms with E-state index in [4.69, 9.17) is 21.5 Å². The van der Waals surface area contributed by atoms with Crippen LogP contribution in [0.4, 0.5) is 0 Å². The van der Waals surface area contributed by atoms with Crippen LogP contribution in [0.2, 0.25) is 5.02 Å². The van der Waals surface area contributed by atoms with Gasteiger partial charge in [0.1, 0.15) is 5.60 Å². The SMILES string of the molecule is CC(C)n1ccc2c(CN3CCC4(CC3)CC(c3ccc(C(=O)O)cc3)=NO4)ccc(Cl)c21. The van der Waals surface area contributed by atoms with Gasteiger partial charge in [-0.15, -0.1) is 0 Å². The number of rotatable bonds is 5. The molecule has 0 unspecified atom stereocenters. The molecular weight excluding hydrogens is 438 g/mol. The molecule has 3 heterocycles. The second-order valence-electron chi connectivity index (χ2n) is 9.43. The Labute approximate surface area is 198 Å². The molecule has 1 N–H and O–H groups in total. The Hall–Kier alpha value is -2.83. The Morgan fingerprint density at radius 1 is 1.15 bits per heavy atom. The van der Waals surface area contributed by atoms with Gasteiger partial charge in [0, 0.05) is 56.5 Å². The molecule has 2 aliphatic rings. The van der Waals surface area contributed by atoms with Crippen molar-refractivity contribution >= 4 is 34.2 Å². The highest BCUT2D eigenvalue weighted by Gasteiger charge is 2.42. The monoisotopic (exact) mass is 465 g/mol. The number of aromatic carboxylic acids is 1. The molecule has 0 amide bonds. The van der Waals surface area contributed by atoms with E-state index in [1.165, 1.54) is 10.9 Å². The van der Waals surface area contributed by atoms with Crippen molar-refractivity contribution in [2.24, 2.45) is 5.16 Å². The molecule has 0 radical (unpaired) electrons. The van der Waals surface area contributed by atoms with Gasteiger partial charge < -0.3 is 14.5 Å². The summed E-state index contributed by atoms with van der Waals surface area (Å²) >= 11 is 6.54. The van der Waals surface area contributed by atoms with Crippen LogP contribution in [0.15, 0.2) is 53.8 Å². The Bertz CT molecular complexity index is 1220. The van der Waals surface area contributed by atoms with Crippen LogP contribution in [0.3, 0.4) is 0 Å². The number of carboxylic acid groups (broad SMARTS) is 1. The van der Waals surface area contributed by atoms with E-state index in [2.05, 4.69) is 46.8 Å². The summed E-state index contributed by atoms with van der Waals surface area (Å²) in [5.41, 5.74) is 4.26. The number of halogens is 1. The van der Waals surface area contributed by atoms with Crippen LogP contribution in [-0.2, 0) is 11.4 Å². The molecule has 33 heavy (non-hydrogen) atoms. The van der Waals surface area contributed by atoms with Gasteiger partial charge in [-0.25, -0.2) is 4.79 Å². The largest absolute Gasteiger partial charge is 0.478 e. The van der Waals surface area contributed by atoms with E-state index in [9.17, 15) is 4.79 Å². The molecule has 0 saturated carbocycles. The van der Waals surface area contributed by atoms with Crippen molar-refractivity contribution in [3.05, 3.63) is 70.4 Å². The Morgan fingerprint density at radius 2 is 1.88 bits per heavy atom. The standard InChI is InChI=1S/C26H28ClN3O3/c1-17(2)30-12-9-21-20(7-8-22(27)24(21)30)16-29-13-10-26(11-14-29)15-23(28-33-26)18-3-5-19(6-4-18)25(31)32/h3-9,12,17H,10-11,13-16H2,1-2H3,(H,31,32). The van der Waals surface area contributed by atoms with Crippen molar-refractivity contribution in [1.82, 2.24) is 9.47 Å². The van der Waals surface area contributed by atoms with Gasteiger partial charge in [-0.2, -0.15) is 0 Å². The Balaban J connectivity index is 1.24. The first kappa shape index (κ1) is 22.0. The summed E-state index contributed by atoms with van der Waals surface area (Å²) in [5.74, 6) is -0.922. The average molecular weight is 466 g/mol. The van der Waals surface area contributed by atoms with E-state index in [1.54, 1.807) is 12.1 Å². The third kappa shape index (κ3) is 4.13. The first-order valence-electron chi connectivity index (χ1n) is 11.4. The molecule has 1 fully saturated rings. The molecule has 2 aliphatic heterocycles. The van der Waals surface area contributed by atoms with Crippen LogP contribution in [0.1, 0.15) is 60.6 Å². The quantitative estimate of drug-likeness (QED) is 0.522. The number of hydrogen-bond acceptors (Lipinski definition) is 4. The highest BCUT2D eigenvalue weighted by atomic mass is 35.5. The molecule has 2 aromatic carbocycles. The van der Waals surface area contributed by atoms with Gasteiger partial charge >= 0.3 is 5.97 Å². The van der Waals surface area contributed by atoms with E-state index in [-0.39, 0.29) is 11.2 Å². The molecule has 5 rings (SSSR count). The number of fused-ring (bicyclic) bond motifs is 1. The van der Waals surface area contributed by atoms with Gasteiger partial charge in [-0.05, 0) is 49.2 Å². The zero-order valence-corrected chi connectivity index (χ0v) is 19.7. The van der Waals surface area contributed by atoms with Gasteiger partial charge in [-0.1, -0.05) is 35.0 Å². The smallest absolute Gasteiger partial charge is 0.335 e. The van der Waals surface area contributed by atoms with Gasteiger partial charge in [0.25, 0.3) is 0 Å². The molecule has 7 heteroatoms. The van der Waals surface area contributed by atoms with Gasteiger partial charge in [0.2, 0.25) is 0 Å². The lowest BCUT2D eigenvalue weighted by molar-refractivity contribution is -0.0626. The van der Waals surface area contributed by atoms with E-state index >= 15 is 0 Å². The van der Waals surface area contributed by atoms with Crippen LogP contribution >= 0.6 is 11.6 Å². The summed E-state index contributed by atoms with van der Waals surface area (Å²) < 4.78 is 2.24. The Kier molecular flexibility index (Phi) is 5.67. The topological polar surface area (TPSA) is 67.1 Å². The van der Waals surface area contributed by atoms with Gasteiger partial charge in [0.05, 0.1) is 21.8 Å². The molecule has 1 saturated heterocycles. The minimum atomic E-state index is -0.922. The van der Waals surface area contributed by atoms with Crippen molar-refractivity contribution in [3.63, 3.8) is 0 Å². The van der Waals surface area contributed by atoms with Gasteiger partial charge in [-0.3, -0.25) is 4.90 Å². The maximum Gasteiger partial charge on any atom is 0.335 e. The summed E-state index contributed by atoms with van der Waals surface area (Å²) in [6.45, 7) is 7.11. The number of likely N-dealkylation sites (tertiary alicyclic amines) is 1. The van der Waals surface area contributed by atoms with Crippen molar-refractivity contribution in [3.8, 4) is 0 Å². The van der Waals surface area contributed by atoms with Crippen LogP contribution in [0.5, 0.6) is 0 Å². The van der Waals surface area contributed by atoms with E-state index in [0.29, 0.717) is 6.04 Å². The summed E-state index contributed by atoms with van der Waals surface area (Å²) in [6, 6.07) is 13.6. The lowest BCUT2D eigenvalue weighted by Crippen LogP contribution is -2.44.